The summed E-state index contributed by atoms with van der Waals surface area (Å²) in [5.41, 5.74) is 7.98. The molecule has 1 N–H and O–H groups in total. The van der Waals surface area contributed by atoms with E-state index in [0.717, 1.165) is 13.0 Å². The summed E-state index contributed by atoms with van der Waals surface area (Å²) in [6.07, 6.45) is 9.58. The Hall–Kier alpha value is -1.80. The Kier molecular flexibility index (Phi) is 7.91. The van der Waals surface area contributed by atoms with Gasteiger partial charge in [-0.25, -0.2) is 0 Å². The van der Waals surface area contributed by atoms with Gasteiger partial charge in [-0.1, -0.05) is 51.3 Å². The molecule has 2 rings (SSSR count). The second-order valence-corrected chi connectivity index (χ2v) is 8.16. The third kappa shape index (κ3) is 5.59. The number of rotatable bonds is 8. The van der Waals surface area contributed by atoms with Gasteiger partial charge in [-0.2, -0.15) is 0 Å². The fourth-order valence-corrected chi connectivity index (χ4v) is 4.33. The summed E-state index contributed by atoms with van der Waals surface area (Å²) in [6.45, 7) is 22.7. The maximum Gasteiger partial charge on any atom is 0.0408 e. The number of benzene rings is 1. The molecule has 1 aliphatic rings. The molecular weight excluding hydrogens is 328 g/mol. The average molecular weight is 367 g/mol. The minimum Gasteiger partial charge on any atom is -0.382 e. The van der Waals surface area contributed by atoms with Crippen LogP contribution in [0.4, 0.5) is 5.69 Å². The fourth-order valence-electron chi connectivity index (χ4n) is 4.33. The van der Waals surface area contributed by atoms with E-state index >= 15 is 0 Å². The van der Waals surface area contributed by atoms with Gasteiger partial charge < -0.3 is 10.2 Å². The van der Waals surface area contributed by atoms with E-state index in [2.05, 4.69) is 76.2 Å². The van der Waals surface area contributed by atoms with Crippen LogP contribution in [0.1, 0.15) is 55.4 Å². The first-order valence-corrected chi connectivity index (χ1v) is 10.4. The molecule has 0 aliphatic carbocycles. The molecule has 1 heterocycles. The Balaban J connectivity index is 2.02. The maximum absolute atomic E-state index is 4.30. The molecule has 1 atom stereocenters. The van der Waals surface area contributed by atoms with Crippen LogP contribution < -0.4 is 5.32 Å². The molecular formula is C25H38N2. The lowest BCUT2D eigenvalue weighted by Crippen LogP contribution is -2.41. The molecule has 0 bridgehead atoms. The number of nitrogens with one attached hydrogen (secondary N) is 1. The van der Waals surface area contributed by atoms with Crippen molar-refractivity contribution in [3.8, 4) is 0 Å². The minimum atomic E-state index is 0.558. The summed E-state index contributed by atoms with van der Waals surface area (Å²) in [7, 11) is 0. The molecule has 1 unspecified atom stereocenters. The van der Waals surface area contributed by atoms with Gasteiger partial charge in [0.1, 0.15) is 0 Å². The van der Waals surface area contributed by atoms with Crippen LogP contribution in [0.25, 0.3) is 5.57 Å². The lowest BCUT2D eigenvalue weighted by Gasteiger charge is -2.34. The first-order valence-electron chi connectivity index (χ1n) is 10.4. The number of hydrogen-bond donors (Lipinski definition) is 1. The summed E-state index contributed by atoms with van der Waals surface area (Å²) < 4.78 is 0. The van der Waals surface area contributed by atoms with Crippen LogP contribution in [0.3, 0.4) is 0 Å². The monoisotopic (exact) mass is 366 g/mol. The van der Waals surface area contributed by atoms with Gasteiger partial charge in [-0.15, -0.1) is 0 Å². The number of piperidine rings is 1. The van der Waals surface area contributed by atoms with E-state index in [1.807, 2.05) is 6.08 Å². The van der Waals surface area contributed by atoms with Crippen molar-refractivity contribution in [2.75, 3.05) is 25.0 Å². The molecule has 1 fully saturated rings. The van der Waals surface area contributed by atoms with E-state index < -0.39 is 0 Å². The van der Waals surface area contributed by atoms with Crippen LogP contribution in [-0.4, -0.2) is 30.6 Å². The molecule has 0 aromatic heterocycles. The normalized spacial score (nSPS) is 17.2. The lowest BCUT2D eigenvalue weighted by atomic mass is 9.91. The highest BCUT2D eigenvalue weighted by Gasteiger charge is 2.22. The zero-order valence-corrected chi connectivity index (χ0v) is 18.1. The van der Waals surface area contributed by atoms with Crippen LogP contribution in [0.5, 0.6) is 0 Å². The van der Waals surface area contributed by atoms with E-state index in [-0.39, 0.29) is 0 Å². The molecule has 2 heteroatoms. The number of aryl methyl sites for hydroxylation is 2. The first kappa shape index (κ1) is 21.5. The third-order valence-electron chi connectivity index (χ3n) is 5.81. The van der Waals surface area contributed by atoms with Gasteiger partial charge in [0.05, 0.1) is 0 Å². The van der Waals surface area contributed by atoms with Gasteiger partial charge in [-0.3, -0.25) is 0 Å². The van der Waals surface area contributed by atoms with Crippen LogP contribution in [0, 0.1) is 26.7 Å². The van der Waals surface area contributed by atoms with Crippen LogP contribution in [0.2, 0.25) is 0 Å². The zero-order chi connectivity index (χ0) is 20.0. The van der Waals surface area contributed by atoms with Gasteiger partial charge in [-0.05, 0) is 73.8 Å². The first-order chi connectivity index (χ1) is 12.9. The van der Waals surface area contributed by atoms with E-state index in [9.17, 15) is 0 Å². The smallest absolute Gasteiger partial charge is 0.0408 e. The van der Waals surface area contributed by atoms with E-state index in [4.69, 9.17) is 0 Å². The van der Waals surface area contributed by atoms with Crippen molar-refractivity contribution in [3.05, 3.63) is 59.7 Å². The summed E-state index contributed by atoms with van der Waals surface area (Å²) >= 11 is 0. The quantitative estimate of drug-likeness (QED) is 0.544. The van der Waals surface area contributed by atoms with Crippen molar-refractivity contribution in [1.82, 2.24) is 4.90 Å². The Morgan fingerprint density at radius 2 is 1.93 bits per heavy atom. The van der Waals surface area contributed by atoms with Crippen molar-refractivity contribution >= 4 is 11.3 Å². The average Bonchev–Trinajstić information content (AvgIpc) is 2.64. The van der Waals surface area contributed by atoms with Gasteiger partial charge in [0, 0.05) is 31.4 Å². The molecule has 1 aliphatic heterocycles. The molecule has 0 radical (unpaired) electrons. The molecule has 0 saturated carbocycles. The molecule has 1 aromatic carbocycles. The third-order valence-corrected chi connectivity index (χ3v) is 5.81. The number of likely N-dealkylation sites (tertiary alicyclic amines) is 1. The van der Waals surface area contributed by atoms with Crippen molar-refractivity contribution in [2.45, 2.75) is 59.9 Å². The Bertz CT molecular complexity index is 691. The highest BCUT2D eigenvalue weighted by molar-refractivity contribution is 5.76. The largest absolute Gasteiger partial charge is 0.382 e. The second kappa shape index (κ2) is 9.94. The predicted octanol–water partition coefficient (Wildman–Crippen LogP) is 6.29. The number of nitrogens with zero attached hydrogens (tertiary/aromatic N) is 1. The van der Waals surface area contributed by atoms with Gasteiger partial charge in [0.2, 0.25) is 0 Å². The molecule has 1 aromatic rings. The van der Waals surface area contributed by atoms with Crippen molar-refractivity contribution in [3.63, 3.8) is 0 Å². The Morgan fingerprint density at radius 3 is 2.52 bits per heavy atom. The molecule has 0 amide bonds. The van der Waals surface area contributed by atoms with Crippen LogP contribution in [-0.2, 0) is 0 Å². The number of allylic oxidation sites excluding steroid dienone is 3. The fraction of sp³-hybridized carbons (Fsp3) is 0.520. The maximum atomic E-state index is 4.30. The van der Waals surface area contributed by atoms with Crippen molar-refractivity contribution in [2.24, 2.45) is 5.92 Å². The highest BCUT2D eigenvalue weighted by Crippen LogP contribution is 2.33. The predicted molar refractivity (Wildman–Crippen MR) is 122 cm³/mol. The second-order valence-electron chi connectivity index (χ2n) is 8.16. The van der Waals surface area contributed by atoms with Crippen molar-refractivity contribution in [1.29, 1.82) is 0 Å². The number of hydrogen-bond acceptors (Lipinski definition) is 2. The highest BCUT2D eigenvalue weighted by atomic mass is 15.1. The Morgan fingerprint density at radius 1 is 1.26 bits per heavy atom. The molecule has 1 saturated heterocycles. The summed E-state index contributed by atoms with van der Waals surface area (Å²) in [4.78, 5) is 2.59. The van der Waals surface area contributed by atoms with Gasteiger partial charge >= 0.3 is 0 Å². The minimum absolute atomic E-state index is 0.558. The SMILES string of the molecule is C=C/C=C\C(C)CN1CCC(Nc2c(C)cc(C)c(C(=C)CC)c2C)CC1. The summed E-state index contributed by atoms with van der Waals surface area (Å²) in [6, 6.07) is 2.87. The summed E-state index contributed by atoms with van der Waals surface area (Å²) in [5.74, 6) is 0.580. The van der Waals surface area contributed by atoms with E-state index in [1.165, 1.54) is 59.4 Å². The van der Waals surface area contributed by atoms with E-state index in [1.54, 1.807) is 0 Å². The summed E-state index contributed by atoms with van der Waals surface area (Å²) in [5, 5.41) is 3.88. The van der Waals surface area contributed by atoms with E-state index in [0.29, 0.717) is 12.0 Å². The molecule has 27 heavy (non-hydrogen) atoms. The van der Waals surface area contributed by atoms with Gasteiger partial charge in [0.15, 0.2) is 0 Å². The topological polar surface area (TPSA) is 15.3 Å². The van der Waals surface area contributed by atoms with Crippen LogP contribution in [0.15, 0.2) is 37.5 Å². The standard InChI is InChI=1S/C25H38N2/c1-8-10-11-18(3)17-27-14-12-23(13-15-27)26-25-21(6)16-20(5)24(22(25)7)19(4)9-2/h8,10-11,16,18,23,26H,1,4,9,12-15,17H2,2-3,5-7H3/b11-10-. The lowest BCUT2D eigenvalue weighted by molar-refractivity contribution is 0.204. The van der Waals surface area contributed by atoms with Crippen LogP contribution >= 0.6 is 0 Å². The molecule has 0 spiro atoms. The van der Waals surface area contributed by atoms with Crippen molar-refractivity contribution < 1.29 is 0 Å². The Labute approximate surface area is 167 Å². The van der Waals surface area contributed by atoms with Gasteiger partial charge in [0.25, 0.3) is 0 Å². The zero-order valence-electron chi connectivity index (χ0n) is 18.1. The molecule has 2 nitrogen and oxygen atoms in total. The number of anilines is 1. The molecule has 148 valence electrons.